The van der Waals surface area contributed by atoms with Gasteiger partial charge in [0.15, 0.2) is 5.78 Å². The maximum Gasteiger partial charge on any atom is 0.156 e. The van der Waals surface area contributed by atoms with Crippen LogP contribution in [0.3, 0.4) is 0 Å². The van der Waals surface area contributed by atoms with Gasteiger partial charge in [-0.1, -0.05) is 6.92 Å². The normalized spacial score (nSPS) is 19.4. The Balaban J connectivity index is 2.50. The van der Waals surface area contributed by atoms with Crippen molar-refractivity contribution >= 4 is 11.4 Å². The van der Waals surface area contributed by atoms with Crippen LogP contribution in [0.2, 0.25) is 0 Å². The Hall–Kier alpha value is -1.77. The molecule has 0 amide bonds. The first-order valence-electron chi connectivity index (χ1n) is 6.12. The first kappa shape index (κ1) is 12.7. The smallest absolute Gasteiger partial charge is 0.156 e. The van der Waals surface area contributed by atoms with Crippen LogP contribution in [0, 0.1) is 5.92 Å². The van der Waals surface area contributed by atoms with Gasteiger partial charge in [-0.05, 0) is 42.2 Å². The van der Waals surface area contributed by atoms with E-state index >= 15 is 0 Å². The Kier molecular flexibility index (Phi) is 3.70. The molecule has 0 saturated heterocycles. The molecule has 0 aromatic heterocycles. The fourth-order valence-electron chi connectivity index (χ4n) is 2.29. The van der Waals surface area contributed by atoms with E-state index in [2.05, 4.69) is 6.92 Å². The molecule has 0 bridgehead atoms. The van der Waals surface area contributed by atoms with Gasteiger partial charge in [-0.25, -0.2) is 0 Å². The minimum Gasteiger partial charge on any atom is -0.497 e. The molecule has 0 saturated carbocycles. The van der Waals surface area contributed by atoms with Gasteiger partial charge in [0.05, 0.1) is 14.2 Å². The van der Waals surface area contributed by atoms with Gasteiger partial charge in [-0.15, -0.1) is 0 Å². The van der Waals surface area contributed by atoms with Gasteiger partial charge in [-0.3, -0.25) is 4.79 Å². The highest BCUT2D eigenvalue weighted by molar-refractivity contribution is 5.99. The summed E-state index contributed by atoms with van der Waals surface area (Å²) in [6, 6.07) is 5.67. The van der Waals surface area contributed by atoms with Gasteiger partial charge < -0.3 is 9.47 Å². The van der Waals surface area contributed by atoms with E-state index in [1.165, 1.54) is 0 Å². The summed E-state index contributed by atoms with van der Waals surface area (Å²) >= 11 is 0. The van der Waals surface area contributed by atoms with E-state index in [1.807, 2.05) is 18.2 Å². The molecule has 1 atom stereocenters. The van der Waals surface area contributed by atoms with Crippen molar-refractivity contribution in [1.29, 1.82) is 0 Å². The zero-order valence-electron chi connectivity index (χ0n) is 11.0. The topological polar surface area (TPSA) is 35.5 Å². The van der Waals surface area contributed by atoms with Gasteiger partial charge in [-0.2, -0.15) is 0 Å². The number of carbonyl (C=O) groups excluding carboxylic acids is 1. The minimum atomic E-state index is 0.188. The lowest BCUT2D eigenvalue weighted by Gasteiger charge is -2.22. The maximum atomic E-state index is 11.6. The van der Waals surface area contributed by atoms with Crippen molar-refractivity contribution < 1.29 is 14.3 Å². The van der Waals surface area contributed by atoms with Gasteiger partial charge in [0.25, 0.3) is 0 Å². The number of allylic oxidation sites excluding steroid dienone is 2. The Morgan fingerprint density at radius 2 is 2.00 bits per heavy atom. The first-order valence-corrected chi connectivity index (χ1v) is 6.12. The van der Waals surface area contributed by atoms with Crippen molar-refractivity contribution in [2.75, 3.05) is 14.2 Å². The zero-order valence-corrected chi connectivity index (χ0v) is 11.0. The molecule has 0 spiro atoms. The lowest BCUT2D eigenvalue weighted by Crippen LogP contribution is -2.11. The number of rotatable bonds is 3. The monoisotopic (exact) mass is 246 g/mol. The van der Waals surface area contributed by atoms with Gasteiger partial charge in [0.1, 0.15) is 11.5 Å². The summed E-state index contributed by atoms with van der Waals surface area (Å²) in [7, 11) is 3.27. The number of ketones is 1. The Morgan fingerprint density at radius 1 is 1.22 bits per heavy atom. The Bertz CT molecular complexity index is 489. The van der Waals surface area contributed by atoms with E-state index in [1.54, 1.807) is 20.3 Å². The van der Waals surface area contributed by atoms with E-state index in [0.717, 1.165) is 29.1 Å². The third kappa shape index (κ3) is 2.40. The number of hydrogen-bond acceptors (Lipinski definition) is 3. The molecule has 0 fully saturated rings. The van der Waals surface area contributed by atoms with E-state index < -0.39 is 0 Å². The zero-order chi connectivity index (χ0) is 13.1. The lowest BCUT2D eigenvalue weighted by atomic mass is 9.84. The Morgan fingerprint density at radius 3 is 2.67 bits per heavy atom. The quantitative estimate of drug-likeness (QED) is 0.822. The molecule has 1 aromatic rings. The number of hydrogen-bond donors (Lipinski definition) is 0. The lowest BCUT2D eigenvalue weighted by molar-refractivity contribution is -0.115. The first-order chi connectivity index (χ1) is 8.65. The van der Waals surface area contributed by atoms with Crippen molar-refractivity contribution in [3.8, 4) is 11.5 Å². The van der Waals surface area contributed by atoms with E-state index in [9.17, 15) is 4.79 Å². The summed E-state index contributed by atoms with van der Waals surface area (Å²) in [5.74, 6) is 2.11. The number of ether oxygens (including phenoxy) is 2. The molecule has 0 radical (unpaired) electrons. The van der Waals surface area contributed by atoms with Crippen LogP contribution < -0.4 is 9.47 Å². The third-order valence-corrected chi connectivity index (χ3v) is 3.39. The molecular weight excluding hydrogens is 228 g/mol. The molecule has 1 aliphatic rings. The van der Waals surface area contributed by atoms with Crippen LogP contribution in [-0.4, -0.2) is 20.0 Å². The van der Waals surface area contributed by atoms with Gasteiger partial charge in [0.2, 0.25) is 0 Å². The molecule has 1 aromatic carbocycles. The van der Waals surface area contributed by atoms with Crippen LogP contribution in [0.4, 0.5) is 0 Å². The highest BCUT2D eigenvalue weighted by Crippen LogP contribution is 2.37. The second-order valence-electron chi connectivity index (χ2n) is 4.57. The van der Waals surface area contributed by atoms with E-state index in [0.29, 0.717) is 12.3 Å². The summed E-state index contributed by atoms with van der Waals surface area (Å²) < 4.78 is 10.6. The molecule has 3 heteroatoms. The maximum absolute atomic E-state index is 11.6. The Labute approximate surface area is 107 Å². The molecule has 2 rings (SSSR count). The van der Waals surface area contributed by atoms with Crippen LogP contribution in [0.15, 0.2) is 24.3 Å². The second kappa shape index (κ2) is 5.25. The highest BCUT2D eigenvalue weighted by atomic mass is 16.5. The largest absolute Gasteiger partial charge is 0.497 e. The van der Waals surface area contributed by atoms with Crippen molar-refractivity contribution in [2.45, 2.75) is 19.8 Å². The van der Waals surface area contributed by atoms with Crippen molar-refractivity contribution in [3.63, 3.8) is 0 Å². The van der Waals surface area contributed by atoms with Crippen LogP contribution in [0.5, 0.6) is 11.5 Å². The predicted molar refractivity (Wildman–Crippen MR) is 70.9 cm³/mol. The molecule has 0 N–H and O–H groups in total. The van der Waals surface area contributed by atoms with Gasteiger partial charge in [0, 0.05) is 12.0 Å². The molecule has 18 heavy (non-hydrogen) atoms. The molecule has 3 nitrogen and oxygen atoms in total. The summed E-state index contributed by atoms with van der Waals surface area (Å²) in [6.45, 7) is 2.14. The van der Waals surface area contributed by atoms with Crippen LogP contribution in [-0.2, 0) is 4.79 Å². The summed E-state index contributed by atoms with van der Waals surface area (Å²) in [5, 5.41) is 0. The predicted octanol–water partition coefficient (Wildman–Crippen LogP) is 3.09. The van der Waals surface area contributed by atoms with Crippen molar-refractivity contribution in [2.24, 2.45) is 5.92 Å². The minimum absolute atomic E-state index is 0.188. The molecular formula is C15H18O3. The molecule has 96 valence electrons. The summed E-state index contributed by atoms with van der Waals surface area (Å²) in [6.07, 6.45) is 3.27. The standard InChI is InChI=1S/C15H18O3/c1-10-4-5-11(16)8-13(10)14-9-12(17-2)6-7-15(14)18-3/h6-10H,4-5H2,1-3H3. The fourth-order valence-corrected chi connectivity index (χ4v) is 2.29. The van der Waals surface area contributed by atoms with Crippen molar-refractivity contribution in [3.05, 3.63) is 29.8 Å². The van der Waals surface area contributed by atoms with Gasteiger partial charge >= 0.3 is 0 Å². The highest BCUT2D eigenvalue weighted by Gasteiger charge is 2.21. The SMILES string of the molecule is COc1ccc(OC)c(C2=CC(=O)CCC2C)c1. The molecule has 0 heterocycles. The van der Waals surface area contributed by atoms with E-state index in [4.69, 9.17) is 9.47 Å². The van der Waals surface area contributed by atoms with E-state index in [-0.39, 0.29) is 5.78 Å². The average molecular weight is 246 g/mol. The molecule has 1 aliphatic carbocycles. The molecule has 1 unspecified atom stereocenters. The molecule has 0 aliphatic heterocycles. The van der Waals surface area contributed by atoms with Crippen LogP contribution >= 0.6 is 0 Å². The average Bonchev–Trinajstić information content (AvgIpc) is 2.40. The third-order valence-electron chi connectivity index (χ3n) is 3.39. The fraction of sp³-hybridized carbons (Fsp3) is 0.400. The van der Waals surface area contributed by atoms with Crippen molar-refractivity contribution in [1.82, 2.24) is 0 Å². The number of methoxy groups -OCH3 is 2. The summed E-state index contributed by atoms with van der Waals surface area (Å²) in [5.41, 5.74) is 2.00. The van der Waals surface area contributed by atoms with Crippen LogP contribution in [0.1, 0.15) is 25.3 Å². The van der Waals surface area contributed by atoms with Crippen LogP contribution in [0.25, 0.3) is 5.57 Å². The number of benzene rings is 1. The second-order valence-corrected chi connectivity index (χ2v) is 4.57. The summed E-state index contributed by atoms with van der Waals surface area (Å²) in [4.78, 5) is 11.6. The number of carbonyl (C=O) groups is 1.